The minimum absolute atomic E-state index is 0.105. The van der Waals surface area contributed by atoms with Crippen molar-refractivity contribution in [3.8, 4) is 0 Å². The lowest BCUT2D eigenvalue weighted by molar-refractivity contribution is 0.0627. The van der Waals surface area contributed by atoms with Gasteiger partial charge in [0.1, 0.15) is 5.82 Å². The molecule has 0 bridgehead atoms. The van der Waals surface area contributed by atoms with Crippen LogP contribution in [0, 0.1) is 12.7 Å². The van der Waals surface area contributed by atoms with E-state index in [1.54, 1.807) is 12.1 Å². The summed E-state index contributed by atoms with van der Waals surface area (Å²) < 4.78 is 13.2. The lowest BCUT2D eigenvalue weighted by Gasteiger charge is -2.35. The number of carbonyl (C=O) groups excluding carboxylic acids is 1. The molecule has 2 aromatic rings. The normalized spacial score (nSPS) is 15.7. The molecule has 1 saturated heterocycles. The maximum Gasteiger partial charge on any atom is 0.254 e. The molecule has 4 heteroatoms. The largest absolute Gasteiger partial charge is 0.336 e. The van der Waals surface area contributed by atoms with Gasteiger partial charge in [0.05, 0.1) is 0 Å². The molecule has 1 heterocycles. The molecule has 1 amide bonds. The van der Waals surface area contributed by atoms with E-state index in [1.807, 2.05) is 42.2 Å². The third-order valence-electron chi connectivity index (χ3n) is 4.33. The number of hydrogen-bond acceptors (Lipinski definition) is 2. The van der Waals surface area contributed by atoms with Crippen LogP contribution in [0.3, 0.4) is 0 Å². The third kappa shape index (κ3) is 3.77. The lowest BCUT2D eigenvalue weighted by Crippen LogP contribution is -2.48. The molecule has 0 unspecified atom stereocenters. The molecule has 1 aliphatic rings. The Morgan fingerprint density at radius 1 is 1.04 bits per heavy atom. The van der Waals surface area contributed by atoms with Crippen LogP contribution in [0.25, 0.3) is 0 Å². The number of hydrogen-bond donors (Lipinski definition) is 0. The van der Waals surface area contributed by atoms with E-state index in [1.165, 1.54) is 6.07 Å². The van der Waals surface area contributed by atoms with E-state index in [0.29, 0.717) is 13.1 Å². The fourth-order valence-corrected chi connectivity index (χ4v) is 2.99. The van der Waals surface area contributed by atoms with Crippen molar-refractivity contribution in [2.45, 2.75) is 13.5 Å². The SMILES string of the molecule is Cc1ccccc1C(=O)N1CCN(Cc2cccc(F)c2)CC1. The van der Waals surface area contributed by atoms with Gasteiger partial charge in [-0.25, -0.2) is 4.39 Å². The molecule has 3 nitrogen and oxygen atoms in total. The van der Waals surface area contributed by atoms with Crippen molar-refractivity contribution in [2.24, 2.45) is 0 Å². The van der Waals surface area contributed by atoms with Crippen molar-refractivity contribution in [2.75, 3.05) is 26.2 Å². The van der Waals surface area contributed by atoms with Crippen LogP contribution in [-0.4, -0.2) is 41.9 Å². The van der Waals surface area contributed by atoms with E-state index >= 15 is 0 Å². The van der Waals surface area contributed by atoms with Crippen LogP contribution < -0.4 is 0 Å². The fourth-order valence-electron chi connectivity index (χ4n) is 2.99. The van der Waals surface area contributed by atoms with Gasteiger partial charge in [-0.3, -0.25) is 9.69 Å². The zero-order valence-electron chi connectivity index (χ0n) is 13.3. The van der Waals surface area contributed by atoms with Crippen molar-refractivity contribution in [3.63, 3.8) is 0 Å². The first-order chi connectivity index (χ1) is 11.1. The molecule has 0 aromatic heterocycles. The van der Waals surface area contributed by atoms with Gasteiger partial charge in [-0.05, 0) is 36.2 Å². The Morgan fingerprint density at radius 3 is 2.48 bits per heavy atom. The van der Waals surface area contributed by atoms with E-state index in [0.717, 1.165) is 36.3 Å². The summed E-state index contributed by atoms with van der Waals surface area (Å²) in [6.45, 7) is 5.74. The summed E-state index contributed by atoms with van der Waals surface area (Å²) in [5, 5.41) is 0. The number of amides is 1. The van der Waals surface area contributed by atoms with Gasteiger partial charge in [0.15, 0.2) is 0 Å². The van der Waals surface area contributed by atoms with Crippen LogP contribution in [0.15, 0.2) is 48.5 Å². The maximum atomic E-state index is 13.2. The summed E-state index contributed by atoms with van der Waals surface area (Å²) in [5.74, 6) is -0.0932. The number of benzene rings is 2. The second-order valence-electron chi connectivity index (χ2n) is 6.01. The van der Waals surface area contributed by atoms with Crippen molar-refractivity contribution in [3.05, 3.63) is 71.0 Å². The second kappa shape index (κ2) is 6.92. The molecule has 23 heavy (non-hydrogen) atoms. The molecular weight excluding hydrogens is 291 g/mol. The molecule has 1 fully saturated rings. The Labute approximate surface area is 136 Å². The van der Waals surface area contributed by atoms with Crippen LogP contribution in [0.1, 0.15) is 21.5 Å². The zero-order chi connectivity index (χ0) is 16.2. The Morgan fingerprint density at radius 2 is 1.78 bits per heavy atom. The molecule has 3 rings (SSSR count). The van der Waals surface area contributed by atoms with Gasteiger partial charge in [-0.2, -0.15) is 0 Å². The van der Waals surface area contributed by atoms with E-state index in [2.05, 4.69) is 4.90 Å². The minimum atomic E-state index is -0.198. The minimum Gasteiger partial charge on any atom is -0.336 e. The van der Waals surface area contributed by atoms with E-state index in [4.69, 9.17) is 0 Å². The van der Waals surface area contributed by atoms with Gasteiger partial charge in [-0.15, -0.1) is 0 Å². The monoisotopic (exact) mass is 312 g/mol. The molecule has 0 atom stereocenters. The van der Waals surface area contributed by atoms with Gasteiger partial charge in [-0.1, -0.05) is 30.3 Å². The molecule has 2 aromatic carbocycles. The highest BCUT2D eigenvalue weighted by Gasteiger charge is 2.22. The number of rotatable bonds is 3. The molecule has 0 spiro atoms. The van der Waals surface area contributed by atoms with Crippen molar-refractivity contribution in [1.29, 1.82) is 0 Å². The molecule has 0 saturated carbocycles. The van der Waals surface area contributed by atoms with Crippen LogP contribution >= 0.6 is 0 Å². The number of carbonyl (C=O) groups is 1. The lowest BCUT2D eigenvalue weighted by atomic mass is 10.1. The summed E-state index contributed by atoms with van der Waals surface area (Å²) in [7, 11) is 0. The summed E-state index contributed by atoms with van der Waals surface area (Å²) in [5.41, 5.74) is 2.77. The molecule has 0 aliphatic carbocycles. The molecule has 120 valence electrons. The van der Waals surface area contributed by atoms with Gasteiger partial charge in [0.25, 0.3) is 5.91 Å². The first kappa shape index (κ1) is 15.7. The summed E-state index contributed by atoms with van der Waals surface area (Å²) in [4.78, 5) is 16.8. The van der Waals surface area contributed by atoms with Crippen molar-refractivity contribution >= 4 is 5.91 Å². The predicted octanol–water partition coefficient (Wildman–Crippen LogP) is 3.09. The summed E-state index contributed by atoms with van der Waals surface area (Å²) >= 11 is 0. The average Bonchev–Trinajstić information content (AvgIpc) is 2.55. The first-order valence-electron chi connectivity index (χ1n) is 7.95. The number of halogens is 1. The maximum absolute atomic E-state index is 13.2. The average molecular weight is 312 g/mol. The van der Waals surface area contributed by atoms with E-state index in [-0.39, 0.29) is 11.7 Å². The highest BCUT2D eigenvalue weighted by molar-refractivity contribution is 5.95. The highest BCUT2D eigenvalue weighted by atomic mass is 19.1. The van der Waals surface area contributed by atoms with E-state index < -0.39 is 0 Å². The van der Waals surface area contributed by atoms with Crippen LogP contribution in [-0.2, 0) is 6.54 Å². The molecule has 0 radical (unpaired) electrons. The Hall–Kier alpha value is -2.20. The first-order valence-corrected chi connectivity index (χ1v) is 7.95. The standard InChI is InChI=1S/C19H21FN2O/c1-15-5-2-3-8-18(15)19(23)22-11-9-21(10-12-22)14-16-6-4-7-17(20)13-16/h2-8,13H,9-12,14H2,1H3. The van der Waals surface area contributed by atoms with Gasteiger partial charge in [0.2, 0.25) is 0 Å². The second-order valence-corrected chi connectivity index (χ2v) is 6.01. The summed E-state index contributed by atoms with van der Waals surface area (Å²) in [6, 6.07) is 14.4. The van der Waals surface area contributed by atoms with E-state index in [9.17, 15) is 9.18 Å². The smallest absolute Gasteiger partial charge is 0.254 e. The topological polar surface area (TPSA) is 23.6 Å². The Kier molecular flexibility index (Phi) is 4.72. The van der Waals surface area contributed by atoms with Gasteiger partial charge >= 0.3 is 0 Å². The fraction of sp³-hybridized carbons (Fsp3) is 0.316. The van der Waals surface area contributed by atoms with Crippen LogP contribution in [0.2, 0.25) is 0 Å². The quantitative estimate of drug-likeness (QED) is 0.869. The van der Waals surface area contributed by atoms with Crippen LogP contribution in [0.4, 0.5) is 4.39 Å². The molecule has 1 aliphatic heterocycles. The van der Waals surface area contributed by atoms with Crippen molar-refractivity contribution < 1.29 is 9.18 Å². The highest BCUT2D eigenvalue weighted by Crippen LogP contribution is 2.14. The number of nitrogens with zero attached hydrogens (tertiary/aromatic N) is 2. The molecule has 0 N–H and O–H groups in total. The van der Waals surface area contributed by atoms with Gasteiger partial charge in [0, 0.05) is 38.3 Å². The van der Waals surface area contributed by atoms with Gasteiger partial charge < -0.3 is 4.90 Å². The van der Waals surface area contributed by atoms with Crippen LogP contribution in [0.5, 0.6) is 0 Å². The zero-order valence-corrected chi connectivity index (χ0v) is 13.3. The Balaban J connectivity index is 1.58. The number of piperazine rings is 1. The van der Waals surface area contributed by atoms with Crippen molar-refractivity contribution in [1.82, 2.24) is 9.80 Å². The Bertz CT molecular complexity index is 693. The molecular formula is C19H21FN2O. The number of aryl methyl sites for hydroxylation is 1. The third-order valence-corrected chi connectivity index (χ3v) is 4.33. The predicted molar refractivity (Wildman–Crippen MR) is 88.8 cm³/mol. The summed E-state index contributed by atoms with van der Waals surface area (Å²) in [6.07, 6.45) is 0.